The van der Waals surface area contributed by atoms with Gasteiger partial charge in [0.2, 0.25) is 0 Å². The Morgan fingerprint density at radius 2 is 2.17 bits per heavy atom. The first-order valence-electron chi connectivity index (χ1n) is 3.88. The van der Waals surface area contributed by atoms with Gasteiger partial charge >= 0.3 is 0 Å². The van der Waals surface area contributed by atoms with Crippen LogP contribution in [-0.2, 0) is 6.54 Å². The van der Waals surface area contributed by atoms with Crippen LogP contribution in [0.2, 0.25) is 0 Å². The van der Waals surface area contributed by atoms with Crippen molar-refractivity contribution in [3.63, 3.8) is 0 Å². The van der Waals surface area contributed by atoms with E-state index in [2.05, 4.69) is 11.2 Å². The molecular weight excluding hydrogens is 172 g/mol. The van der Waals surface area contributed by atoms with Crippen LogP contribution in [0.4, 0.5) is 0 Å². The van der Waals surface area contributed by atoms with Gasteiger partial charge in [0, 0.05) is 11.3 Å². The van der Waals surface area contributed by atoms with E-state index >= 15 is 0 Å². The standard InChI is InChI=1S/C9H9ClN2/c10-5-6-12-9-4-2-1-3-8(9)7-11-12/h1-4,7H,5-6H2. The number of rotatable bonds is 2. The van der Waals surface area contributed by atoms with Crippen LogP contribution in [0.5, 0.6) is 0 Å². The summed E-state index contributed by atoms with van der Waals surface area (Å²) in [5.74, 6) is 0.603. The number of hydrogen-bond acceptors (Lipinski definition) is 1. The van der Waals surface area contributed by atoms with Gasteiger partial charge in [-0.2, -0.15) is 5.10 Å². The molecule has 2 rings (SSSR count). The summed E-state index contributed by atoms with van der Waals surface area (Å²) >= 11 is 5.63. The van der Waals surface area contributed by atoms with Crippen LogP contribution < -0.4 is 0 Å². The van der Waals surface area contributed by atoms with E-state index < -0.39 is 0 Å². The maximum absolute atomic E-state index is 5.63. The minimum absolute atomic E-state index is 0.603. The van der Waals surface area contributed by atoms with Crippen molar-refractivity contribution >= 4 is 22.5 Å². The second-order valence-electron chi connectivity index (χ2n) is 2.62. The molecule has 0 saturated carbocycles. The Morgan fingerprint density at radius 1 is 1.33 bits per heavy atom. The van der Waals surface area contributed by atoms with Crippen LogP contribution in [0.3, 0.4) is 0 Å². The zero-order valence-corrected chi connectivity index (χ0v) is 7.33. The van der Waals surface area contributed by atoms with Crippen molar-refractivity contribution in [3.05, 3.63) is 30.5 Å². The van der Waals surface area contributed by atoms with Gasteiger partial charge in [0.05, 0.1) is 18.3 Å². The third kappa shape index (κ3) is 1.18. The summed E-state index contributed by atoms with van der Waals surface area (Å²) in [7, 11) is 0. The number of halogens is 1. The highest BCUT2D eigenvalue weighted by atomic mass is 35.5. The van der Waals surface area contributed by atoms with E-state index in [4.69, 9.17) is 11.6 Å². The van der Waals surface area contributed by atoms with Crippen LogP contribution in [0, 0.1) is 0 Å². The molecule has 1 aromatic heterocycles. The van der Waals surface area contributed by atoms with Gasteiger partial charge in [-0.25, -0.2) is 0 Å². The molecule has 0 aliphatic rings. The highest BCUT2D eigenvalue weighted by Gasteiger charge is 1.98. The average Bonchev–Trinajstić information content (AvgIpc) is 2.50. The van der Waals surface area contributed by atoms with Crippen molar-refractivity contribution in [1.82, 2.24) is 9.78 Å². The molecule has 0 spiro atoms. The van der Waals surface area contributed by atoms with Crippen molar-refractivity contribution in [3.8, 4) is 0 Å². The third-order valence-electron chi connectivity index (χ3n) is 1.85. The second-order valence-corrected chi connectivity index (χ2v) is 2.99. The number of hydrogen-bond donors (Lipinski definition) is 0. The lowest BCUT2D eigenvalue weighted by Gasteiger charge is -1.97. The molecule has 1 heterocycles. The second kappa shape index (κ2) is 3.15. The summed E-state index contributed by atoms with van der Waals surface area (Å²) in [4.78, 5) is 0. The molecule has 0 aliphatic heterocycles. The summed E-state index contributed by atoms with van der Waals surface area (Å²) in [5.41, 5.74) is 1.15. The van der Waals surface area contributed by atoms with Crippen LogP contribution >= 0.6 is 11.6 Å². The number of para-hydroxylation sites is 1. The molecule has 3 heteroatoms. The summed E-state index contributed by atoms with van der Waals surface area (Å²) in [6.07, 6.45) is 1.86. The third-order valence-corrected chi connectivity index (χ3v) is 2.02. The number of aromatic nitrogens is 2. The Labute approximate surface area is 75.8 Å². The van der Waals surface area contributed by atoms with Crippen molar-refractivity contribution in [1.29, 1.82) is 0 Å². The SMILES string of the molecule is ClCCn1ncc2ccccc21. The van der Waals surface area contributed by atoms with E-state index in [1.54, 1.807) is 0 Å². The number of fused-ring (bicyclic) bond motifs is 1. The van der Waals surface area contributed by atoms with Crippen molar-refractivity contribution in [2.45, 2.75) is 6.54 Å². The minimum atomic E-state index is 0.603. The van der Waals surface area contributed by atoms with Crippen molar-refractivity contribution in [2.24, 2.45) is 0 Å². The van der Waals surface area contributed by atoms with Gasteiger partial charge in [-0.05, 0) is 6.07 Å². The van der Waals surface area contributed by atoms with Gasteiger partial charge in [0.25, 0.3) is 0 Å². The Morgan fingerprint density at radius 3 is 3.00 bits per heavy atom. The molecule has 2 nitrogen and oxygen atoms in total. The largest absolute Gasteiger partial charge is 0.264 e. The molecule has 12 heavy (non-hydrogen) atoms. The first kappa shape index (κ1) is 7.62. The molecular formula is C9H9ClN2. The minimum Gasteiger partial charge on any atom is -0.264 e. The van der Waals surface area contributed by atoms with Crippen LogP contribution in [-0.4, -0.2) is 15.7 Å². The quantitative estimate of drug-likeness (QED) is 0.649. The van der Waals surface area contributed by atoms with Crippen LogP contribution in [0.25, 0.3) is 10.9 Å². The highest BCUT2D eigenvalue weighted by Crippen LogP contribution is 2.12. The molecule has 0 bridgehead atoms. The number of aryl methyl sites for hydroxylation is 1. The average molecular weight is 181 g/mol. The van der Waals surface area contributed by atoms with Crippen molar-refractivity contribution in [2.75, 3.05) is 5.88 Å². The number of alkyl halides is 1. The molecule has 62 valence electrons. The Balaban J connectivity index is 2.55. The molecule has 0 amide bonds. The van der Waals surface area contributed by atoms with E-state index in [1.807, 2.05) is 29.1 Å². The molecule has 0 unspecified atom stereocenters. The Kier molecular flexibility index (Phi) is 2.00. The topological polar surface area (TPSA) is 17.8 Å². The first-order valence-corrected chi connectivity index (χ1v) is 4.42. The summed E-state index contributed by atoms with van der Waals surface area (Å²) < 4.78 is 1.92. The fourth-order valence-corrected chi connectivity index (χ4v) is 1.44. The summed E-state index contributed by atoms with van der Waals surface area (Å²) in [5, 5.41) is 5.39. The fraction of sp³-hybridized carbons (Fsp3) is 0.222. The van der Waals surface area contributed by atoms with E-state index in [0.717, 1.165) is 12.1 Å². The molecule has 0 aliphatic carbocycles. The lowest BCUT2D eigenvalue weighted by atomic mass is 10.3. The van der Waals surface area contributed by atoms with Crippen LogP contribution in [0.1, 0.15) is 0 Å². The predicted molar refractivity (Wildman–Crippen MR) is 50.5 cm³/mol. The Bertz CT molecular complexity index is 381. The van der Waals surface area contributed by atoms with E-state index in [1.165, 1.54) is 5.39 Å². The number of benzene rings is 1. The molecule has 0 saturated heterocycles. The molecule has 0 atom stereocenters. The summed E-state index contributed by atoms with van der Waals surface area (Å²) in [6, 6.07) is 8.12. The molecule has 0 N–H and O–H groups in total. The maximum Gasteiger partial charge on any atom is 0.0682 e. The highest BCUT2D eigenvalue weighted by molar-refractivity contribution is 6.17. The van der Waals surface area contributed by atoms with Gasteiger partial charge in [0.15, 0.2) is 0 Å². The monoisotopic (exact) mass is 180 g/mol. The normalized spacial score (nSPS) is 10.8. The first-order chi connectivity index (χ1) is 5.92. The van der Waals surface area contributed by atoms with E-state index in [9.17, 15) is 0 Å². The lowest BCUT2D eigenvalue weighted by molar-refractivity contribution is 0.688. The molecule has 0 radical (unpaired) electrons. The van der Waals surface area contributed by atoms with Gasteiger partial charge in [-0.3, -0.25) is 4.68 Å². The maximum atomic E-state index is 5.63. The fourth-order valence-electron chi connectivity index (χ4n) is 1.28. The van der Waals surface area contributed by atoms with Gasteiger partial charge in [-0.15, -0.1) is 11.6 Å². The predicted octanol–water partition coefficient (Wildman–Crippen LogP) is 2.28. The van der Waals surface area contributed by atoms with Gasteiger partial charge in [0.1, 0.15) is 0 Å². The summed E-state index contributed by atoms with van der Waals surface area (Å²) in [6.45, 7) is 0.773. The zero-order chi connectivity index (χ0) is 8.39. The Hall–Kier alpha value is -1.02. The van der Waals surface area contributed by atoms with Gasteiger partial charge < -0.3 is 0 Å². The molecule has 0 fully saturated rings. The molecule has 1 aromatic carbocycles. The van der Waals surface area contributed by atoms with Crippen LogP contribution in [0.15, 0.2) is 30.5 Å². The smallest absolute Gasteiger partial charge is 0.0682 e. The van der Waals surface area contributed by atoms with Gasteiger partial charge in [-0.1, -0.05) is 18.2 Å². The zero-order valence-electron chi connectivity index (χ0n) is 6.57. The molecule has 2 aromatic rings. The number of nitrogens with zero attached hydrogens (tertiary/aromatic N) is 2. The van der Waals surface area contributed by atoms with Crippen molar-refractivity contribution < 1.29 is 0 Å². The van der Waals surface area contributed by atoms with E-state index in [-0.39, 0.29) is 0 Å². The lowest BCUT2D eigenvalue weighted by Crippen LogP contribution is -1.99. The van der Waals surface area contributed by atoms with E-state index in [0.29, 0.717) is 5.88 Å².